The van der Waals surface area contributed by atoms with E-state index in [1.807, 2.05) is 41.8 Å². The number of rotatable bonds is 5. The highest BCUT2D eigenvalue weighted by atomic mass is 16.2. The van der Waals surface area contributed by atoms with Gasteiger partial charge in [0.25, 0.3) is 0 Å². The minimum Gasteiger partial charge on any atom is -0.335 e. The van der Waals surface area contributed by atoms with Crippen molar-refractivity contribution in [2.24, 2.45) is 0 Å². The molecule has 2 aromatic heterocycles. The molecule has 4 heterocycles. The first-order chi connectivity index (χ1) is 17.8. The monoisotopic (exact) mass is 498 g/mol. The molecule has 6 rings (SSSR count). The maximum atomic E-state index is 13.3. The number of carbonyl (C=O) groups is 1. The number of carbonyl (C=O) groups excluding carboxylic acids is 1. The SMILES string of the molecule is Cc1nc(Nc2n[nH]c3c2CN(C(=O)NC2C[C@@H]2c2ccccc2)C3(C)C)nc(N2CCC[C@H]2C#N)n1. The van der Waals surface area contributed by atoms with Crippen LogP contribution in [0.3, 0.4) is 0 Å². The van der Waals surface area contributed by atoms with Crippen LogP contribution < -0.4 is 15.5 Å². The van der Waals surface area contributed by atoms with Gasteiger partial charge in [0, 0.05) is 24.1 Å². The molecule has 3 atom stereocenters. The minimum absolute atomic E-state index is 0.0844. The van der Waals surface area contributed by atoms with Crippen LogP contribution in [-0.4, -0.2) is 54.7 Å². The van der Waals surface area contributed by atoms with Gasteiger partial charge in [-0.15, -0.1) is 0 Å². The second-order valence-corrected chi connectivity index (χ2v) is 10.5. The molecule has 1 aliphatic carbocycles. The summed E-state index contributed by atoms with van der Waals surface area (Å²) in [6, 6.07) is 12.5. The Balaban J connectivity index is 1.18. The van der Waals surface area contributed by atoms with Crippen molar-refractivity contribution in [3.63, 3.8) is 0 Å². The molecule has 3 N–H and O–H groups in total. The number of benzene rings is 1. The highest BCUT2D eigenvalue weighted by molar-refractivity contribution is 5.78. The lowest BCUT2D eigenvalue weighted by Gasteiger charge is -2.32. The second-order valence-electron chi connectivity index (χ2n) is 10.5. The van der Waals surface area contributed by atoms with E-state index in [2.05, 4.69) is 54.0 Å². The van der Waals surface area contributed by atoms with Crippen molar-refractivity contribution < 1.29 is 4.79 Å². The topological polar surface area (TPSA) is 139 Å². The van der Waals surface area contributed by atoms with Crippen LogP contribution in [0.15, 0.2) is 30.3 Å². The lowest BCUT2D eigenvalue weighted by Crippen LogP contribution is -2.47. The van der Waals surface area contributed by atoms with Gasteiger partial charge >= 0.3 is 6.03 Å². The molecule has 2 amide bonds. The van der Waals surface area contributed by atoms with Crippen molar-refractivity contribution in [1.82, 2.24) is 35.4 Å². The summed E-state index contributed by atoms with van der Waals surface area (Å²) in [5.74, 6) is 2.36. The number of hydrogen-bond acceptors (Lipinski definition) is 8. The minimum atomic E-state index is -0.556. The number of nitrogens with one attached hydrogen (secondary N) is 3. The fraction of sp³-hybridized carbons (Fsp3) is 0.462. The Labute approximate surface area is 215 Å². The van der Waals surface area contributed by atoms with Gasteiger partial charge in [0.1, 0.15) is 11.9 Å². The van der Waals surface area contributed by atoms with Crippen molar-refractivity contribution in [2.45, 2.75) is 70.1 Å². The molecule has 3 aromatic rings. The van der Waals surface area contributed by atoms with Gasteiger partial charge in [-0.1, -0.05) is 30.3 Å². The van der Waals surface area contributed by atoms with Gasteiger partial charge in [-0.2, -0.15) is 25.3 Å². The Morgan fingerprint density at radius 2 is 2.03 bits per heavy atom. The normalized spacial score (nSPS) is 23.5. The van der Waals surface area contributed by atoms with Gasteiger partial charge in [-0.05, 0) is 45.6 Å². The predicted octanol–water partition coefficient (Wildman–Crippen LogP) is 3.46. The van der Waals surface area contributed by atoms with E-state index < -0.39 is 5.54 Å². The second kappa shape index (κ2) is 8.73. The summed E-state index contributed by atoms with van der Waals surface area (Å²) in [6.07, 6.45) is 2.68. The lowest BCUT2D eigenvalue weighted by atomic mass is 10.0. The largest absolute Gasteiger partial charge is 0.335 e. The van der Waals surface area contributed by atoms with Crippen LogP contribution in [0.1, 0.15) is 61.7 Å². The summed E-state index contributed by atoms with van der Waals surface area (Å²) < 4.78 is 0. The fourth-order valence-electron chi connectivity index (χ4n) is 5.50. The average molecular weight is 499 g/mol. The quantitative estimate of drug-likeness (QED) is 0.486. The summed E-state index contributed by atoms with van der Waals surface area (Å²) in [6.45, 7) is 6.99. The van der Waals surface area contributed by atoms with Crippen LogP contribution in [0, 0.1) is 18.3 Å². The number of H-pyrrole nitrogens is 1. The number of aryl methyl sites for hydroxylation is 1. The lowest BCUT2D eigenvalue weighted by molar-refractivity contribution is 0.142. The molecule has 0 bridgehead atoms. The zero-order valence-corrected chi connectivity index (χ0v) is 21.2. The maximum Gasteiger partial charge on any atom is 0.318 e. The fourth-order valence-corrected chi connectivity index (χ4v) is 5.50. The Hall–Kier alpha value is -4.20. The summed E-state index contributed by atoms with van der Waals surface area (Å²) in [5.41, 5.74) is 2.50. The first-order valence-electron chi connectivity index (χ1n) is 12.7. The van der Waals surface area contributed by atoms with Crippen molar-refractivity contribution >= 4 is 23.7 Å². The van der Waals surface area contributed by atoms with E-state index in [1.54, 1.807) is 6.92 Å². The van der Waals surface area contributed by atoms with Crippen LogP contribution >= 0.6 is 0 Å². The van der Waals surface area contributed by atoms with Crippen molar-refractivity contribution in [2.75, 3.05) is 16.8 Å². The van der Waals surface area contributed by atoms with E-state index in [0.29, 0.717) is 36.0 Å². The third-order valence-electron chi connectivity index (χ3n) is 7.67. The highest BCUT2D eigenvalue weighted by Gasteiger charge is 2.46. The van der Waals surface area contributed by atoms with Crippen molar-refractivity contribution in [3.05, 3.63) is 53.0 Å². The maximum absolute atomic E-state index is 13.3. The summed E-state index contributed by atoms with van der Waals surface area (Å²) in [4.78, 5) is 30.6. The predicted molar refractivity (Wildman–Crippen MR) is 137 cm³/mol. The molecular formula is C26H30N10O. The number of aromatic amines is 1. The molecule has 11 heteroatoms. The number of nitrogens with zero attached hydrogens (tertiary/aromatic N) is 7. The van der Waals surface area contributed by atoms with Crippen LogP contribution in [-0.2, 0) is 12.1 Å². The van der Waals surface area contributed by atoms with E-state index in [4.69, 9.17) is 0 Å². The molecule has 3 aliphatic rings. The molecule has 0 spiro atoms. The Bertz CT molecular complexity index is 1380. The van der Waals surface area contributed by atoms with Crippen molar-refractivity contribution in [1.29, 1.82) is 5.26 Å². The molecule has 1 saturated heterocycles. The summed E-state index contributed by atoms with van der Waals surface area (Å²) in [7, 11) is 0. The molecule has 1 aromatic carbocycles. The third kappa shape index (κ3) is 4.12. The number of fused-ring (bicyclic) bond motifs is 1. The zero-order chi connectivity index (χ0) is 25.7. The Kier molecular flexibility index (Phi) is 5.47. The van der Waals surface area contributed by atoms with Gasteiger partial charge in [0.15, 0.2) is 5.82 Å². The molecule has 2 aliphatic heterocycles. The Morgan fingerprint density at radius 3 is 2.81 bits per heavy atom. The van der Waals surface area contributed by atoms with Gasteiger partial charge < -0.3 is 20.4 Å². The molecule has 0 radical (unpaired) electrons. The van der Waals surface area contributed by atoms with Crippen LogP contribution in [0.2, 0.25) is 0 Å². The van der Waals surface area contributed by atoms with E-state index in [0.717, 1.165) is 37.1 Å². The van der Waals surface area contributed by atoms with E-state index >= 15 is 0 Å². The number of aromatic nitrogens is 5. The first kappa shape index (κ1) is 23.2. The molecular weight excluding hydrogens is 468 g/mol. The van der Waals surface area contributed by atoms with Crippen LogP contribution in [0.25, 0.3) is 0 Å². The zero-order valence-electron chi connectivity index (χ0n) is 21.2. The van der Waals surface area contributed by atoms with Gasteiger partial charge in [0.2, 0.25) is 11.9 Å². The average Bonchev–Trinajstić information content (AvgIpc) is 3.19. The number of hydrogen-bond donors (Lipinski definition) is 3. The number of amides is 2. The smallest absolute Gasteiger partial charge is 0.318 e. The number of urea groups is 1. The molecule has 190 valence electrons. The van der Waals surface area contributed by atoms with Gasteiger partial charge in [0.05, 0.1) is 23.8 Å². The van der Waals surface area contributed by atoms with Gasteiger partial charge in [-0.25, -0.2) is 4.79 Å². The molecule has 37 heavy (non-hydrogen) atoms. The third-order valence-corrected chi connectivity index (χ3v) is 7.67. The number of anilines is 3. The highest BCUT2D eigenvalue weighted by Crippen LogP contribution is 2.43. The van der Waals surface area contributed by atoms with Crippen molar-refractivity contribution in [3.8, 4) is 6.07 Å². The molecule has 11 nitrogen and oxygen atoms in total. The molecule has 1 saturated carbocycles. The van der Waals surface area contributed by atoms with E-state index in [1.165, 1.54) is 5.56 Å². The number of nitriles is 1. The molecule has 2 fully saturated rings. The van der Waals surface area contributed by atoms with Crippen LogP contribution in [0.4, 0.5) is 22.5 Å². The van der Waals surface area contributed by atoms with E-state index in [-0.39, 0.29) is 18.1 Å². The summed E-state index contributed by atoms with van der Waals surface area (Å²) in [5, 5.41) is 23.5. The van der Waals surface area contributed by atoms with Gasteiger partial charge in [-0.3, -0.25) is 5.10 Å². The van der Waals surface area contributed by atoms with E-state index in [9.17, 15) is 10.1 Å². The Morgan fingerprint density at radius 1 is 1.22 bits per heavy atom. The summed E-state index contributed by atoms with van der Waals surface area (Å²) >= 11 is 0. The van der Waals surface area contributed by atoms with Crippen LogP contribution in [0.5, 0.6) is 0 Å². The molecule has 1 unspecified atom stereocenters. The standard InChI is InChI=1S/C26H30N10O/c1-15-28-23(32-24(29-15)35-11-7-10-17(35)13-27)31-22-19-14-36(26(2,3)21(19)33-34-22)25(37)30-20-12-18(20)16-8-5-4-6-9-16/h4-6,8-9,17-18,20H,7,10-12,14H2,1-3H3,(H,30,37)(H2,28,29,31,32,33,34)/t17-,18+,20?/m0/s1. The first-order valence-corrected chi connectivity index (χ1v) is 12.7.